The van der Waals surface area contributed by atoms with Gasteiger partial charge in [-0.15, -0.1) is 0 Å². The summed E-state index contributed by atoms with van der Waals surface area (Å²) in [7, 11) is 0. The van der Waals surface area contributed by atoms with Gasteiger partial charge in [0.25, 0.3) is 0 Å². The molecule has 0 bridgehead atoms. The van der Waals surface area contributed by atoms with Crippen molar-refractivity contribution in [3.05, 3.63) is 48.0 Å². The zero-order valence-corrected chi connectivity index (χ0v) is 13.7. The normalized spacial score (nSPS) is 10.1. The van der Waals surface area contributed by atoms with Gasteiger partial charge >= 0.3 is 0 Å². The Morgan fingerprint density at radius 3 is 2.52 bits per heavy atom. The van der Waals surface area contributed by atoms with Crippen LogP contribution in [0.5, 0.6) is 0 Å². The van der Waals surface area contributed by atoms with E-state index < -0.39 is 0 Å². The molecule has 3 N–H and O–H groups in total. The zero-order chi connectivity index (χ0) is 16.7. The van der Waals surface area contributed by atoms with E-state index >= 15 is 0 Å². The number of thiocarbonyl (C=S) groups is 1. The molecule has 0 atom stereocenters. The monoisotopic (exact) mass is 329 g/mol. The second kappa shape index (κ2) is 8.24. The lowest BCUT2D eigenvalue weighted by Gasteiger charge is -2.11. The van der Waals surface area contributed by atoms with E-state index in [4.69, 9.17) is 12.2 Å². The molecular formula is C17H19N3O2S. The van der Waals surface area contributed by atoms with Gasteiger partial charge in [-0.1, -0.05) is 49.4 Å². The number of hydrogen-bond donors (Lipinski definition) is 3. The molecule has 23 heavy (non-hydrogen) atoms. The van der Waals surface area contributed by atoms with Crippen molar-refractivity contribution in [2.45, 2.75) is 26.2 Å². The number of hydrazine groups is 1. The topological polar surface area (TPSA) is 70.2 Å². The molecule has 120 valence electrons. The molecule has 5 nitrogen and oxygen atoms in total. The fourth-order valence-corrected chi connectivity index (χ4v) is 2.40. The van der Waals surface area contributed by atoms with Crippen molar-refractivity contribution in [1.29, 1.82) is 0 Å². The predicted octanol–water partition coefficient (Wildman–Crippen LogP) is 2.20. The van der Waals surface area contributed by atoms with Crippen molar-refractivity contribution >= 4 is 39.9 Å². The summed E-state index contributed by atoms with van der Waals surface area (Å²) in [6.45, 7) is 1.91. The molecule has 0 aromatic heterocycles. The molecule has 2 aromatic rings. The molecule has 0 heterocycles. The first-order valence-electron chi connectivity index (χ1n) is 7.45. The van der Waals surface area contributed by atoms with Gasteiger partial charge in [-0.3, -0.25) is 20.4 Å². The van der Waals surface area contributed by atoms with E-state index in [1.807, 2.05) is 49.4 Å². The molecule has 6 heteroatoms. The van der Waals surface area contributed by atoms with Crippen molar-refractivity contribution in [3.63, 3.8) is 0 Å². The van der Waals surface area contributed by atoms with E-state index in [1.165, 1.54) is 0 Å². The van der Waals surface area contributed by atoms with Crippen LogP contribution in [0.1, 0.15) is 25.3 Å². The highest BCUT2D eigenvalue weighted by molar-refractivity contribution is 7.80. The molecule has 0 radical (unpaired) electrons. The van der Waals surface area contributed by atoms with Gasteiger partial charge in [0.2, 0.25) is 11.8 Å². The maximum Gasteiger partial charge on any atom is 0.238 e. The average molecular weight is 329 g/mol. The van der Waals surface area contributed by atoms with E-state index in [1.54, 1.807) is 0 Å². The minimum Gasteiger partial charge on any atom is -0.302 e. The van der Waals surface area contributed by atoms with Gasteiger partial charge in [-0.2, -0.15) is 0 Å². The van der Waals surface area contributed by atoms with E-state index in [2.05, 4.69) is 16.2 Å². The van der Waals surface area contributed by atoms with Crippen LogP contribution in [0, 0.1) is 0 Å². The van der Waals surface area contributed by atoms with E-state index in [0.717, 1.165) is 22.8 Å². The smallest absolute Gasteiger partial charge is 0.238 e. The molecule has 2 amide bonds. The number of carbonyl (C=O) groups is 2. The second-order valence-electron chi connectivity index (χ2n) is 5.12. The summed E-state index contributed by atoms with van der Waals surface area (Å²) in [4.78, 5) is 23.4. The Balaban J connectivity index is 1.91. The number of fused-ring (bicyclic) bond motifs is 1. The van der Waals surface area contributed by atoms with Gasteiger partial charge in [0.15, 0.2) is 5.11 Å². The summed E-state index contributed by atoms with van der Waals surface area (Å²) in [5, 5.41) is 4.77. The first kappa shape index (κ1) is 16.9. The summed E-state index contributed by atoms with van der Waals surface area (Å²) in [6.07, 6.45) is 1.36. The molecule has 0 saturated carbocycles. The van der Waals surface area contributed by atoms with Gasteiger partial charge in [-0.25, -0.2) is 0 Å². The number of hydrogen-bond acceptors (Lipinski definition) is 3. The molecule has 0 fully saturated rings. The summed E-state index contributed by atoms with van der Waals surface area (Å²) < 4.78 is 0. The first-order chi connectivity index (χ1) is 11.1. The predicted molar refractivity (Wildman–Crippen MR) is 94.6 cm³/mol. The highest BCUT2D eigenvalue weighted by Crippen LogP contribution is 2.18. The van der Waals surface area contributed by atoms with Crippen molar-refractivity contribution in [2.24, 2.45) is 0 Å². The van der Waals surface area contributed by atoms with Gasteiger partial charge in [0.1, 0.15) is 0 Å². The quantitative estimate of drug-likeness (QED) is 0.594. The van der Waals surface area contributed by atoms with Gasteiger partial charge in [-0.05, 0) is 35.0 Å². The van der Waals surface area contributed by atoms with Crippen LogP contribution in [-0.4, -0.2) is 16.9 Å². The van der Waals surface area contributed by atoms with Crippen LogP contribution in [0.25, 0.3) is 10.8 Å². The Kier molecular flexibility index (Phi) is 6.05. The zero-order valence-electron chi connectivity index (χ0n) is 12.9. The van der Waals surface area contributed by atoms with Crippen LogP contribution in [0.4, 0.5) is 0 Å². The summed E-state index contributed by atoms with van der Waals surface area (Å²) in [5.41, 5.74) is 5.89. The van der Waals surface area contributed by atoms with Crippen LogP contribution in [0.15, 0.2) is 42.5 Å². The standard InChI is InChI=1S/C17H19N3O2S/c1-2-6-15(21)19-20-17(23)18-16(22)11-13-9-5-8-12-7-3-4-10-14(12)13/h3-5,7-10H,2,6,11H2,1H3,(H,19,21)(H2,18,20,22,23). The number of nitrogens with one attached hydrogen (secondary N) is 3. The average Bonchev–Trinajstić information content (AvgIpc) is 2.53. The number of rotatable bonds is 4. The molecule has 0 aliphatic carbocycles. The van der Waals surface area contributed by atoms with Crippen LogP contribution >= 0.6 is 12.2 Å². The third kappa shape index (κ3) is 5.03. The molecule has 0 spiro atoms. The van der Waals surface area contributed by atoms with Gasteiger partial charge in [0.05, 0.1) is 6.42 Å². The molecule has 0 aliphatic rings. The first-order valence-corrected chi connectivity index (χ1v) is 7.86. The summed E-state index contributed by atoms with van der Waals surface area (Å²) in [5.74, 6) is -0.401. The summed E-state index contributed by atoms with van der Waals surface area (Å²) >= 11 is 4.99. The highest BCUT2D eigenvalue weighted by Gasteiger charge is 2.09. The number of carbonyl (C=O) groups excluding carboxylic acids is 2. The maximum absolute atomic E-state index is 12.1. The lowest BCUT2D eigenvalue weighted by molar-refractivity contribution is -0.122. The second-order valence-corrected chi connectivity index (χ2v) is 5.52. The molecule has 0 aliphatic heterocycles. The minimum absolute atomic E-state index is 0.0830. The summed E-state index contributed by atoms with van der Waals surface area (Å²) in [6, 6.07) is 13.7. The SMILES string of the molecule is CCCC(=O)NNC(=S)NC(=O)Cc1cccc2ccccc12. The third-order valence-corrected chi connectivity index (χ3v) is 3.48. The number of amides is 2. The van der Waals surface area contributed by atoms with Crippen molar-refractivity contribution < 1.29 is 9.59 Å². The van der Waals surface area contributed by atoms with Gasteiger partial charge < -0.3 is 5.32 Å². The van der Waals surface area contributed by atoms with E-state index in [0.29, 0.717) is 6.42 Å². The van der Waals surface area contributed by atoms with Gasteiger partial charge in [0, 0.05) is 6.42 Å². The Hall–Kier alpha value is -2.47. The largest absolute Gasteiger partial charge is 0.302 e. The lowest BCUT2D eigenvalue weighted by Crippen LogP contribution is -2.48. The Labute approximate surface area is 140 Å². The molecule has 2 rings (SSSR count). The Morgan fingerprint density at radius 1 is 1.00 bits per heavy atom. The Bertz CT molecular complexity index is 725. The molecular weight excluding hydrogens is 310 g/mol. The minimum atomic E-state index is -0.233. The fraction of sp³-hybridized carbons (Fsp3) is 0.235. The molecule has 2 aromatic carbocycles. The van der Waals surface area contributed by atoms with Crippen LogP contribution in [0.3, 0.4) is 0 Å². The van der Waals surface area contributed by atoms with E-state index in [-0.39, 0.29) is 23.3 Å². The Morgan fingerprint density at radius 2 is 1.74 bits per heavy atom. The molecule has 0 unspecified atom stereocenters. The van der Waals surface area contributed by atoms with Crippen LogP contribution < -0.4 is 16.2 Å². The third-order valence-electron chi connectivity index (χ3n) is 3.28. The van der Waals surface area contributed by atoms with Crippen LogP contribution in [0.2, 0.25) is 0 Å². The number of benzene rings is 2. The highest BCUT2D eigenvalue weighted by atomic mass is 32.1. The fourth-order valence-electron chi connectivity index (χ4n) is 2.24. The van der Waals surface area contributed by atoms with Crippen molar-refractivity contribution in [3.8, 4) is 0 Å². The van der Waals surface area contributed by atoms with Crippen molar-refractivity contribution in [2.75, 3.05) is 0 Å². The van der Waals surface area contributed by atoms with Crippen molar-refractivity contribution in [1.82, 2.24) is 16.2 Å². The molecule has 0 saturated heterocycles. The van der Waals surface area contributed by atoms with Crippen LogP contribution in [-0.2, 0) is 16.0 Å². The lowest BCUT2D eigenvalue weighted by atomic mass is 10.0. The van der Waals surface area contributed by atoms with E-state index in [9.17, 15) is 9.59 Å². The maximum atomic E-state index is 12.1.